The molecule has 0 radical (unpaired) electrons. The Labute approximate surface area is 475 Å². The average molecular weight is 1170 g/mol. The van der Waals surface area contributed by atoms with Crippen molar-refractivity contribution in [3.05, 3.63) is 103 Å². The summed E-state index contributed by atoms with van der Waals surface area (Å²) in [6.45, 7) is 11.8. The first-order valence-electron chi connectivity index (χ1n) is 23.4. The molecule has 74 heavy (non-hydrogen) atoms. The molecule has 0 unspecified atom stereocenters. The molecule has 10 rings (SSSR count). The Morgan fingerprint density at radius 1 is 0.743 bits per heavy atom. The first kappa shape index (κ1) is 55.9. The molecule has 6 aromatic rings. The number of nitrogens with one attached hydrogen (secondary N) is 1. The largest absolute Gasteiger partial charge is 1.00 e. The van der Waals surface area contributed by atoms with E-state index in [1.807, 2.05) is 95.2 Å². The van der Waals surface area contributed by atoms with Crippen molar-refractivity contribution in [2.45, 2.75) is 40.9 Å². The molecule has 22 heteroatoms. The van der Waals surface area contributed by atoms with Gasteiger partial charge < -0.3 is 49.9 Å². The Bertz CT molecular complexity index is 3080. The van der Waals surface area contributed by atoms with Gasteiger partial charge in [-0.05, 0) is 67.7 Å². The number of hydrogen-bond acceptors (Lipinski definition) is 14. The molecule has 18 nitrogen and oxygen atoms in total. The van der Waals surface area contributed by atoms with Crippen molar-refractivity contribution in [3.8, 4) is 56.9 Å². The maximum atomic E-state index is 13.5. The molecule has 0 atom stereocenters. The molecule has 386 valence electrons. The molecule has 4 aliphatic heterocycles. The van der Waals surface area contributed by atoms with Crippen LogP contribution in [0.2, 0.25) is 0 Å². The standard InChI is InChI=1S/C26H28N4O5S.C25H26N4O5S.CH3I.Na.H/c1-16(2)11-17-12-19-22(13-21(17)33-4)35-14-20-23(27-30(24(19)20)18-5-10-36-15-18)25(31)28(3)6-7-29-8-9-34-26(29)32;1-15(2)10-16-11-18-21(12-20(16)32-3)34-13-19-22(27-29(23(18)19)17-4-9-35-14-17)24(30)26-5-6-28-7-8-33-25(28)31;1-2;;/h5,10-13,15H,6-9,14H2,1-4H3;4,9-12,14H,5-8,13H2,1-3H3,(H,26,30);1H3;;/q;;;+1;-1. The van der Waals surface area contributed by atoms with Gasteiger partial charge >= 0.3 is 41.7 Å². The number of thiophene rings is 2. The molecule has 0 saturated carbocycles. The third-order valence-corrected chi connectivity index (χ3v) is 13.4. The van der Waals surface area contributed by atoms with Gasteiger partial charge in [-0.3, -0.25) is 9.59 Å². The Morgan fingerprint density at radius 3 is 1.65 bits per heavy atom. The summed E-state index contributed by atoms with van der Waals surface area (Å²) >= 11 is 5.27. The van der Waals surface area contributed by atoms with Crippen LogP contribution in [0.3, 0.4) is 0 Å². The first-order chi connectivity index (χ1) is 35.3. The summed E-state index contributed by atoms with van der Waals surface area (Å²) < 4.78 is 36.9. The number of aromatic nitrogens is 4. The maximum absolute atomic E-state index is 13.5. The second kappa shape index (κ2) is 25.1. The van der Waals surface area contributed by atoms with E-state index in [4.69, 9.17) is 38.6 Å². The van der Waals surface area contributed by atoms with Crippen LogP contribution < -0.4 is 53.8 Å². The van der Waals surface area contributed by atoms with Gasteiger partial charge in [-0.25, -0.2) is 19.0 Å². The molecule has 0 aliphatic carbocycles. The van der Waals surface area contributed by atoms with Crippen molar-refractivity contribution >= 4 is 81.4 Å². The minimum Gasteiger partial charge on any atom is -1.00 e. The predicted octanol–water partition coefficient (Wildman–Crippen LogP) is 6.72. The third kappa shape index (κ3) is 12.0. The van der Waals surface area contributed by atoms with Gasteiger partial charge in [0.1, 0.15) is 49.4 Å². The Hall–Kier alpha value is -5.85. The minimum atomic E-state index is -0.356. The third-order valence-electron chi connectivity index (χ3n) is 12.1. The summed E-state index contributed by atoms with van der Waals surface area (Å²) in [7, 11) is 5.00. The molecule has 4 amide bonds. The van der Waals surface area contributed by atoms with Gasteiger partial charge in [0.15, 0.2) is 11.4 Å². The summed E-state index contributed by atoms with van der Waals surface area (Å²) in [4.78, 5) is 56.9. The number of halogens is 1. The maximum Gasteiger partial charge on any atom is 1.00 e. The quantitative estimate of drug-likeness (QED) is 0.0692. The van der Waals surface area contributed by atoms with E-state index in [1.54, 1.807) is 63.3 Å². The smallest absolute Gasteiger partial charge is 1.00 e. The number of likely N-dealkylation sites (N-methyl/N-ethyl adjacent to an activating group) is 1. The van der Waals surface area contributed by atoms with Crippen molar-refractivity contribution in [2.24, 2.45) is 0 Å². The molecule has 4 aromatic heterocycles. The predicted molar refractivity (Wildman–Crippen MR) is 290 cm³/mol. The summed E-state index contributed by atoms with van der Waals surface area (Å²) in [5.74, 6) is 2.26. The number of benzene rings is 2. The van der Waals surface area contributed by atoms with E-state index < -0.39 is 0 Å². The number of carbonyl (C=O) groups excluding carboxylic acids is 4. The molecule has 4 aliphatic rings. The SMILES string of the molecule is CI.COc1cc2c(cc1C=C(C)C)-c1c(c(C(=O)N(C)CCN3CCOC3=O)nn1-c1ccsc1)CO2.COc1cc2c(cc1C=C(C)C)-c1c(c(C(=O)NCCN3CCOC3=O)nn1-c1ccsc1)CO2.[H-].[Na+]. The first-order valence-corrected chi connectivity index (χ1v) is 27.4. The second-order valence-electron chi connectivity index (χ2n) is 17.5. The van der Waals surface area contributed by atoms with Crippen LogP contribution in [0.5, 0.6) is 23.0 Å². The summed E-state index contributed by atoms with van der Waals surface area (Å²) in [5.41, 5.74) is 11.3. The number of carbonyl (C=O) groups is 4. The average Bonchev–Trinajstić information content (AvgIpc) is 4.26. The minimum absolute atomic E-state index is 0. The molecule has 0 bridgehead atoms. The van der Waals surface area contributed by atoms with E-state index in [2.05, 4.69) is 40.1 Å². The number of nitrogens with zero attached hydrogens (tertiary/aromatic N) is 7. The van der Waals surface area contributed by atoms with E-state index in [-0.39, 0.29) is 68.2 Å². The molecule has 2 fully saturated rings. The van der Waals surface area contributed by atoms with Crippen LogP contribution >= 0.6 is 45.3 Å². The Kier molecular flexibility index (Phi) is 19.0. The van der Waals surface area contributed by atoms with E-state index in [0.717, 1.165) is 73.0 Å². The van der Waals surface area contributed by atoms with Crippen LogP contribution in [0.1, 0.15) is 72.4 Å². The summed E-state index contributed by atoms with van der Waals surface area (Å²) in [6.07, 6.45) is 3.41. The number of hydrogen-bond donors (Lipinski definition) is 1. The number of cyclic esters (lactones) is 2. The van der Waals surface area contributed by atoms with Crippen molar-refractivity contribution in [2.75, 3.05) is 78.7 Å². The summed E-state index contributed by atoms with van der Waals surface area (Å²) in [5, 5.41) is 20.3. The van der Waals surface area contributed by atoms with Gasteiger partial charge in [0.25, 0.3) is 11.8 Å². The van der Waals surface area contributed by atoms with Gasteiger partial charge in [0.2, 0.25) is 0 Å². The number of allylic oxidation sites excluding steroid dienone is 2. The number of methoxy groups -OCH3 is 2. The van der Waals surface area contributed by atoms with Crippen LogP contribution in [-0.4, -0.2) is 137 Å². The van der Waals surface area contributed by atoms with Gasteiger partial charge in [-0.2, -0.15) is 32.9 Å². The van der Waals surface area contributed by atoms with Crippen molar-refractivity contribution in [1.82, 2.24) is 39.6 Å². The van der Waals surface area contributed by atoms with Crippen molar-refractivity contribution < 1.29 is 78.6 Å². The van der Waals surface area contributed by atoms with Gasteiger partial charge in [-0.15, -0.1) is 0 Å². The van der Waals surface area contributed by atoms with E-state index >= 15 is 0 Å². The fraction of sp³-hybridized carbons (Fsp3) is 0.346. The van der Waals surface area contributed by atoms with Gasteiger partial charge in [0, 0.05) is 89.5 Å². The summed E-state index contributed by atoms with van der Waals surface area (Å²) in [6, 6.07) is 11.8. The number of ether oxygens (including phenoxy) is 6. The molecule has 2 saturated heterocycles. The van der Waals surface area contributed by atoms with Crippen LogP contribution in [0.15, 0.2) is 69.1 Å². The Morgan fingerprint density at radius 2 is 1.22 bits per heavy atom. The van der Waals surface area contributed by atoms with Crippen LogP contribution in [0, 0.1) is 0 Å². The molecular weight excluding hydrogens is 1110 g/mol. The second-order valence-corrected chi connectivity index (χ2v) is 19.1. The van der Waals surface area contributed by atoms with E-state index in [9.17, 15) is 19.2 Å². The van der Waals surface area contributed by atoms with Crippen molar-refractivity contribution in [1.29, 1.82) is 0 Å². The number of alkyl halides is 1. The van der Waals surface area contributed by atoms with Gasteiger partial charge in [0.05, 0.1) is 50.1 Å². The molecule has 0 spiro atoms. The fourth-order valence-corrected chi connectivity index (χ4v) is 9.90. The molecule has 2 aromatic carbocycles. The van der Waals surface area contributed by atoms with Crippen LogP contribution in [0.25, 0.3) is 46.0 Å². The fourth-order valence-electron chi connectivity index (χ4n) is 8.68. The monoisotopic (exact) mass is 1170 g/mol. The van der Waals surface area contributed by atoms with Crippen molar-refractivity contribution in [3.63, 3.8) is 0 Å². The molecule has 8 heterocycles. The van der Waals surface area contributed by atoms with Crippen LogP contribution in [0.4, 0.5) is 9.59 Å². The zero-order chi connectivity index (χ0) is 51.9. The normalized spacial score (nSPS) is 13.5. The Balaban J connectivity index is 0.000000230. The van der Waals surface area contributed by atoms with E-state index in [1.165, 1.54) is 0 Å². The number of fused-ring (bicyclic) bond motifs is 6. The van der Waals surface area contributed by atoms with Gasteiger partial charge in [-0.1, -0.05) is 45.9 Å². The number of amides is 4. The topological polar surface area (TPSA) is 181 Å². The molecule has 1 N–H and O–H groups in total. The molecular formula is C52H58IN8NaO10S2. The van der Waals surface area contributed by atoms with Crippen LogP contribution in [-0.2, 0) is 22.7 Å². The number of rotatable bonds is 14. The zero-order valence-corrected chi connectivity index (χ0v) is 48.7. The zero-order valence-electron chi connectivity index (χ0n) is 43.9. The van der Waals surface area contributed by atoms with E-state index in [0.29, 0.717) is 81.1 Å².